The second-order valence-corrected chi connectivity index (χ2v) is 7.86. The average Bonchev–Trinajstić information content (AvgIpc) is 3.05. The number of anilines is 1. The third-order valence-corrected chi connectivity index (χ3v) is 5.81. The van der Waals surface area contributed by atoms with Crippen LogP contribution in [0.15, 0.2) is 42.5 Å². The van der Waals surface area contributed by atoms with Crippen LogP contribution < -0.4 is 20.7 Å². The van der Waals surface area contributed by atoms with Gasteiger partial charge < -0.3 is 20.7 Å². The number of hydrogen-bond donors (Lipinski definition) is 3. The first-order valence-corrected chi connectivity index (χ1v) is 10.2. The topological polar surface area (TPSA) is 79.5 Å². The minimum Gasteiger partial charge on any atom is -0.497 e. The number of aryl methyl sites for hydroxylation is 1. The first-order chi connectivity index (χ1) is 14.1. The van der Waals surface area contributed by atoms with Gasteiger partial charge in [-0.2, -0.15) is 0 Å². The molecule has 0 bridgehead atoms. The number of amides is 3. The number of hydrogen-bond acceptors (Lipinski definition) is 3. The van der Waals surface area contributed by atoms with Crippen molar-refractivity contribution in [1.82, 2.24) is 10.6 Å². The summed E-state index contributed by atoms with van der Waals surface area (Å²) >= 11 is 0. The highest BCUT2D eigenvalue weighted by molar-refractivity contribution is 5.89. The minimum absolute atomic E-state index is 0.0800. The summed E-state index contributed by atoms with van der Waals surface area (Å²) in [6.45, 7) is 0.652. The lowest BCUT2D eigenvalue weighted by Crippen LogP contribution is -2.39. The molecule has 2 aromatic rings. The third kappa shape index (κ3) is 4.70. The molecule has 1 aliphatic carbocycles. The van der Waals surface area contributed by atoms with E-state index in [1.807, 2.05) is 30.3 Å². The molecule has 1 aliphatic heterocycles. The van der Waals surface area contributed by atoms with Gasteiger partial charge in [-0.05, 0) is 66.6 Å². The lowest BCUT2D eigenvalue weighted by molar-refractivity contribution is -0.119. The maximum absolute atomic E-state index is 12.6. The number of benzene rings is 2. The fourth-order valence-corrected chi connectivity index (χ4v) is 4.26. The van der Waals surface area contributed by atoms with E-state index in [0.717, 1.165) is 42.7 Å². The van der Waals surface area contributed by atoms with Gasteiger partial charge in [0.15, 0.2) is 0 Å². The van der Waals surface area contributed by atoms with Gasteiger partial charge in [0.25, 0.3) is 0 Å². The van der Waals surface area contributed by atoms with E-state index in [1.54, 1.807) is 7.11 Å². The molecule has 6 nitrogen and oxygen atoms in total. The van der Waals surface area contributed by atoms with E-state index in [9.17, 15) is 9.59 Å². The van der Waals surface area contributed by atoms with Crippen molar-refractivity contribution in [2.45, 2.75) is 44.1 Å². The largest absolute Gasteiger partial charge is 0.497 e. The molecular formula is C23H27N3O3. The third-order valence-electron chi connectivity index (χ3n) is 5.81. The molecule has 1 saturated heterocycles. The molecule has 2 aromatic carbocycles. The van der Waals surface area contributed by atoms with Gasteiger partial charge in [0.1, 0.15) is 5.75 Å². The lowest BCUT2D eigenvalue weighted by Gasteiger charge is -2.18. The van der Waals surface area contributed by atoms with Crippen LogP contribution in [0.2, 0.25) is 0 Å². The Morgan fingerprint density at radius 3 is 2.83 bits per heavy atom. The molecule has 2 aliphatic rings. The van der Waals surface area contributed by atoms with Crippen LogP contribution in [0.25, 0.3) is 0 Å². The zero-order valence-corrected chi connectivity index (χ0v) is 16.7. The van der Waals surface area contributed by atoms with Crippen molar-refractivity contribution < 1.29 is 14.3 Å². The van der Waals surface area contributed by atoms with Crippen LogP contribution in [0.1, 0.15) is 41.9 Å². The summed E-state index contributed by atoms with van der Waals surface area (Å²) < 4.78 is 5.35. The van der Waals surface area contributed by atoms with Gasteiger partial charge in [-0.15, -0.1) is 0 Å². The quantitative estimate of drug-likeness (QED) is 0.697. The molecule has 3 N–H and O–H groups in total. The standard InChI is InChI=1S/C23H27N3O3/c1-29-21-9-8-15-4-2-6-20(11-17(15)12-21)26-23(28)25-19-7-3-5-16(10-19)18-13-22(27)24-14-18/h3,5,7-10,12,18,20H,2,4,6,11,13-14H2,1H3,(H,24,27)(H2,25,26,28). The van der Waals surface area contributed by atoms with Crippen molar-refractivity contribution in [2.24, 2.45) is 0 Å². The van der Waals surface area contributed by atoms with E-state index >= 15 is 0 Å². The molecular weight excluding hydrogens is 366 g/mol. The SMILES string of the molecule is COc1ccc2c(c1)CC(NC(=O)Nc1cccc(C3CNC(=O)C3)c1)CCC2. The summed E-state index contributed by atoms with van der Waals surface area (Å²) in [6.07, 6.45) is 4.31. The van der Waals surface area contributed by atoms with Crippen molar-refractivity contribution in [3.05, 3.63) is 59.2 Å². The highest BCUT2D eigenvalue weighted by atomic mass is 16.5. The Morgan fingerprint density at radius 2 is 2.03 bits per heavy atom. The molecule has 1 heterocycles. The summed E-state index contributed by atoms with van der Waals surface area (Å²) in [4.78, 5) is 24.1. The Labute approximate surface area is 171 Å². The van der Waals surface area contributed by atoms with Gasteiger partial charge in [-0.25, -0.2) is 4.79 Å². The number of carbonyl (C=O) groups is 2. The molecule has 0 saturated carbocycles. The van der Waals surface area contributed by atoms with Gasteiger partial charge >= 0.3 is 6.03 Å². The Bertz CT molecular complexity index is 912. The monoisotopic (exact) mass is 393 g/mol. The molecule has 29 heavy (non-hydrogen) atoms. The molecule has 0 radical (unpaired) electrons. The molecule has 2 unspecified atom stereocenters. The van der Waals surface area contributed by atoms with Crippen molar-refractivity contribution in [3.8, 4) is 5.75 Å². The number of carbonyl (C=O) groups excluding carboxylic acids is 2. The average molecular weight is 393 g/mol. The van der Waals surface area contributed by atoms with Gasteiger partial charge in [0, 0.05) is 30.6 Å². The fraction of sp³-hybridized carbons (Fsp3) is 0.391. The van der Waals surface area contributed by atoms with Gasteiger partial charge in [-0.1, -0.05) is 18.2 Å². The number of fused-ring (bicyclic) bond motifs is 1. The molecule has 0 spiro atoms. The summed E-state index contributed by atoms with van der Waals surface area (Å²) in [7, 11) is 1.67. The molecule has 4 rings (SSSR count). The van der Waals surface area contributed by atoms with E-state index < -0.39 is 0 Å². The van der Waals surface area contributed by atoms with Crippen LogP contribution in [-0.4, -0.2) is 31.6 Å². The number of urea groups is 1. The highest BCUT2D eigenvalue weighted by Crippen LogP contribution is 2.26. The Kier molecular flexibility index (Phi) is 5.69. The lowest BCUT2D eigenvalue weighted by atomic mass is 9.98. The summed E-state index contributed by atoms with van der Waals surface area (Å²) in [5.74, 6) is 1.10. The number of ether oxygens (including phenoxy) is 1. The zero-order chi connectivity index (χ0) is 20.2. The van der Waals surface area contributed by atoms with Gasteiger partial charge in [-0.3, -0.25) is 4.79 Å². The van der Waals surface area contributed by atoms with Crippen molar-refractivity contribution in [2.75, 3.05) is 19.0 Å². The second kappa shape index (κ2) is 8.55. The summed E-state index contributed by atoms with van der Waals surface area (Å²) in [5, 5.41) is 8.93. The maximum Gasteiger partial charge on any atom is 0.319 e. The Hall–Kier alpha value is -3.02. The first-order valence-electron chi connectivity index (χ1n) is 10.2. The molecule has 3 amide bonds. The van der Waals surface area contributed by atoms with Crippen LogP contribution in [-0.2, 0) is 17.6 Å². The second-order valence-electron chi connectivity index (χ2n) is 7.86. The highest BCUT2D eigenvalue weighted by Gasteiger charge is 2.23. The molecule has 2 atom stereocenters. The predicted molar refractivity (Wildman–Crippen MR) is 112 cm³/mol. The smallest absolute Gasteiger partial charge is 0.319 e. The molecule has 152 valence electrons. The van der Waals surface area contributed by atoms with E-state index in [0.29, 0.717) is 13.0 Å². The van der Waals surface area contributed by atoms with E-state index in [2.05, 4.69) is 28.1 Å². The van der Waals surface area contributed by atoms with Gasteiger partial charge in [0.05, 0.1) is 7.11 Å². The number of rotatable bonds is 4. The molecule has 6 heteroatoms. The van der Waals surface area contributed by atoms with Gasteiger partial charge in [0.2, 0.25) is 5.91 Å². The normalized spacial score (nSPS) is 20.9. The maximum atomic E-state index is 12.6. The van der Waals surface area contributed by atoms with Crippen LogP contribution in [0.5, 0.6) is 5.75 Å². The van der Waals surface area contributed by atoms with E-state index in [-0.39, 0.29) is 23.9 Å². The number of nitrogens with one attached hydrogen (secondary N) is 3. The molecule has 1 fully saturated rings. The van der Waals surface area contributed by atoms with Crippen molar-refractivity contribution in [1.29, 1.82) is 0 Å². The Morgan fingerprint density at radius 1 is 1.14 bits per heavy atom. The summed E-state index contributed by atoms with van der Waals surface area (Å²) in [5.41, 5.74) is 4.39. The van der Waals surface area contributed by atoms with Crippen LogP contribution in [0.4, 0.5) is 10.5 Å². The summed E-state index contributed by atoms with van der Waals surface area (Å²) in [6, 6.07) is 13.9. The van der Waals surface area contributed by atoms with Crippen LogP contribution >= 0.6 is 0 Å². The zero-order valence-electron chi connectivity index (χ0n) is 16.7. The van der Waals surface area contributed by atoms with Crippen molar-refractivity contribution in [3.63, 3.8) is 0 Å². The Balaban J connectivity index is 1.39. The fourth-order valence-electron chi connectivity index (χ4n) is 4.26. The first kappa shape index (κ1) is 19.3. The minimum atomic E-state index is -0.195. The van der Waals surface area contributed by atoms with E-state index in [1.165, 1.54) is 11.1 Å². The number of methoxy groups -OCH3 is 1. The predicted octanol–water partition coefficient (Wildman–Crippen LogP) is 3.37. The van der Waals surface area contributed by atoms with Crippen LogP contribution in [0, 0.1) is 0 Å². The van der Waals surface area contributed by atoms with Crippen LogP contribution in [0.3, 0.4) is 0 Å². The van der Waals surface area contributed by atoms with Crippen molar-refractivity contribution >= 4 is 17.6 Å². The molecule has 0 aromatic heterocycles. The van der Waals surface area contributed by atoms with E-state index in [4.69, 9.17) is 4.74 Å².